The van der Waals surface area contributed by atoms with Crippen LogP contribution in [-0.2, 0) is 0 Å². The van der Waals surface area contributed by atoms with E-state index in [1.807, 2.05) is 0 Å². The van der Waals surface area contributed by atoms with Crippen molar-refractivity contribution < 1.29 is 4.74 Å². The molecule has 0 N–H and O–H groups in total. The summed E-state index contributed by atoms with van der Waals surface area (Å²) < 4.78 is 7.23. The SMILES string of the molecule is c1ccc(-c2ccc(-c3ccc(N(c4ccccc4)c4cccc5c4Oc4ccc(-c6ccc(-c7ccccc7)cc6)cc4-c4cc6ccccc6cc4-5)cc3)cc2)cc1. The van der Waals surface area contributed by atoms with E-state index in [0.717, 1.165) is 67.5 Å². The van der Waals surface area contributed by atoms with E-state index in [0.29, 0.717) is 0 Å². The van der Waals surface area contributed by atoms with Gasteiger partial charge in [-0.2, -0.15) is 0 Å². The summed E-state index contributed by atoms with van der Waals surface area (Å²) >= 11 is 0. The van der Waals surface area contributed by atoms with E-state index in [4.69, 9.17) is 4.74 Å². The van der Waals surface area contributed by atoms with Crippen LogP contribution in [0.5, 0.6) is 11.5 Å². The summed E-state index contributed by atoms with van der Waals surface area (Å²) in [6, 6.07) is 84.7. The lowest BCUT2D eigenvalue weighted by Gasteiger charge is -2.28. The summed E-state index contributed by atoms with van der Waals surface area (Å²) in [5.41, 5.74) is 16.9. The number of nitrogens with zero attached hydrogens (tertiary/aromatic N) is 1. The van der Waals surface area contributed by atoms with E-state index in [9.17, 15) is 0 Å². The van der Waals surface area contributed by atoms with E-state index < -0.39 is 0 Å². The normalized spacial score (nSPS) is 11.5. The quantitative estimate of drug-likeness (QED) is 0.160. The van der Waals surface area contributed by atoms with Gasteiger partial charge in [-0.1, -0.05) is 182 Å². The van der Waals surface area contributed by atoms with Gasteiger partial charge in [0, 0.05) is 22.5 Å². The molecule has 0 aromatic heterocycles. The number of hydrogen-bond donors (Lipinski definition) is 0. The van der Waals surface area contributed by atoms with Crippen molar-refractivity contribution in [3.8, 4) is 78.3 Å². The number of rotatable bonds is 7. The molecule has 0 amide bonds. The van der Waals surface area contributed by atoms with Crippen molar-refractivity contribution in [1.29, 1.82) is 0 Å². The highest BCUT2D eigenvalue weighted by atomic mass is 16.5. The van der Waals surface area contributed by atoms with Gasteiger partial charge < -0.3 is 9.64 Å². The molecule has 282 valence electrons. The second kappa shape index (κ2) is 15.1. The second-order valence-electron chi connectivity index (χ2n) is 15.3. The summed E-state index contributed by atoms with van der Waals surface area (Å²) in [7, 11) is 0. The predicted octanol–water partition coefficient (Wildman–Crippen LogP) is 16.4. The van der Waals surface area contributed by atoms with Crippen LogP contribution in [0, 0.1) is 0 Å². The van der Waals surface area contributed by atoms with Crippen LogP contribution in [-0.4, -0.2) is 0 Å². The van der Waals surface area contributed by atoms with Gasteiger partial charge in [0.05, 0.1) is 5.69 Å². The monoisotopic (exact) mass is 765 g/mol. The average molecular weight is 766 g/mol. The fourth-order valence-corrected chi connectivity index (χ4v) is 8.60. The molecule has 1 heterocycles. The lowest BCUT2D eigenvalue weighted by molar-refractivity contribution is 0.489. The number of benzene rings is 10. The van der Waals surface area contributed by atoms with Gasteiger partial charge in [0.2, 0.25) is 0 Å². The van der Waals surface area contributed by atoms with Crippen molar-refractivity contribution in [2.75, 3.05) is 4.90 Å². The van der Waals surface area contributed by atoms with Crippen molar-refractivity contribution in [2.45, 2.75) is 0 Å². The largest absolute Gasteiger partial charge is 0.454 e. The predicted molar refractivity (Wildman–Crippen MR) is 251 cm³/mol. The zero-order chi connectivity index (χ0) is 39.8. The molecule has 10 aromatic carbocycles. The van der Waals surface area contributed by atoms with E-state index in [-0.39, 0.29) is 0 Å². The molecule has 0 radical (unpaired) electrons. The molecule has 0 spiro atoms. The third kappa shape index (κ3) is 6.51. The molecular formula is C58H39NO. The summed E-state index contributed by atoms with van der Waals surface area (Å²) in [4.78, 5) is 2.31. The van der Waals surface area contributed by atoms with Crippen molar-refractivity contribution in [1.82, 2.24) is 0 Å². The molecule has 11 rings (SSSR count). The smallest absolute Gasteiger partial charge is 0.159 e. The van der Waals surface area contributed by atoms with Gasteiger partial charge in [-0.3, -0.25) is 0 Å². The Hall–Kier alpha value is -7.94. The number of para-hydroxylation sites is 2. The first kappa shape index (κ1) is 35.2. The first-order valence-electron chi connectivity index (χ1n) is 20.5. The van der Waals surface area contributed by atoms with Crippen molar-refractivity contribution in [2.24, 2.45) is 0 Å². The molecule has 60 heavy (non-hydrogen) atoms. The molecule has 0 unspecified atom stereocenters. The second-order valence-corrected chi connectivity index (χ2v) is 15.3. The Morgan fingerprint density at radius 3 is 1.23 bits per heavy atom. The molecule has 0 saturated carbocycles. The molecule has 1 aliphatic rings. The Morgan fingerprint density at radius 1 is 0.267 bits per heavy atom. The maximum Gasteiger partial charge on any atom is 0.159 e. The van der Waals surface area contributed by atoms with E-state index in [1.54, 1.807) is 0 Å². The molecular weight excluding hydrogens is 727 g/mol. The first-order chi connectivity index (χ1) is 29.7. The summed E-state index contributed by atoms with van der Waals surface area (Å²) in [6.07, 6.45) is 0. The number of ether oxygens (including phenoxy) is 1. The van der Waals surface area contributed by atoms with Crippen molar-refractivity contribution in [3.05, 3.63) is 237 Å². The Balaban J connectivity index is 1.02. The molecule has 2 heteroatoms. The van der Waals surface area contributed by atoms with Gasteiger partial charge in [-0.15, -0.1) is 0 Å². The highest BCUT2D eigenvalue weighted by Crippen LogP contribution is 2.54. The van der Waals surface area contributed by atoms with Gasteiger partial charge in [-0.05, 0) is 121 Å². The Kier molecular flexibility index (Phi) is 8.87. The highest BCUT2D eigenvalue weighted by molar-refractivity contribution is 6.02. The van der Waals surface area contributed by atoms with Crippen LogP contribution >= 0.6 is 0 Å². The third-order valence-electron chi connectivity index (χ3n) is 11.7. The summed E-state index contributed by atoms with van der Waals surface area (Å²) in [5.74, 6) is 1.64. The Bertz CT molecular complexity index is 3120. The maximum atomic E-state index is 7.23. The molecule has 2 nitrogen and oxygen atoms in total. The molecule has 0 bridgehead atoms. The van der Waals surface area contributed by atoms with Gasteiger partial charge >= 0.3 is 0 Å². The lowest BCUT2D eigenvalue weighted by Crippen LogP contribution is -2.11. The minimum atomic E-state index is 0.817. The molecule has 0 saturated heterocycles. The molecule has 1 aliphatic heterocycles. The number of anilines is 3. The number of hydrogen-bond acceptors (Lipinski definition) is 2. The van der Waals surface area contributed by atoms with Crippen molar-refractivity contribution >= 4 is 27.8 Å². The fraction of sp³-hybridized carbons (Fsp3) is 0. The zero-order valence-electron chi connectivity index (χ0n) is 32.9. The van der Waals surface area contributed by atoms with Crippen LogP contribution in [0.4, 0.5) is 17.1 Å². The maximum absolute atomic E-state index is 7.23. The van der Waals surface area contributed by atoms with Crippen LogP contribution in [0.15, 0.2) is 237 Å². The van der Waals surface area contributed by atoms with Gasteiger partial charge in [0.25, 0.3) is 0 Å². The van der Waals surface area contributed by atoms with Crippen LogP contribution in [0.3, 0.4) is 0 Å². The minimum absolute atomic E-state index is 0.817. The van der Waals surface area contributed by atoms with Crippen molar-refractivity contribution in [3.63, 3.8) is 0 Å². The first-order valence-corrected chi connectivity index (χ1v) is 20.5. The van der Waals surface area contributed by atoms with Crippen LogP contribution < -0.4 is 9.64 Å². The Morgan fingerprint density at radius 2 is 0.683 bits per heavy atom. The topological polar surface area (TPSA) is 12.5 Å². The van der Waals surface area contributed by atoms with Gasteiger partial charge in [-0.25, -0.2) is 0 Å². The standard InChI is InChI=1S/C58H39NO/c1-4-13-40(14-5-1)42-23-25-44(26-24-42)45-31-34-51(35-32-45)59(50-19-8-3-9-20-50)56-22-12-21-52-53-37-47-17-10-11-18-48(47)38-54(53)55-39-49(33-36-57(55)60-58(52)56)46-29-27-43(28-30-46)41-15-6-2-7-16-41/h1-39H. The molecule has 0 atom stereocenters. The molecule has 0 fully saturated rings. The summed E-state index contributed by atoms with van der Waals surface area (Å²) in [5, 5.41) is 2.39. The summed E-state index contributed by atoms with van der Waals surface area (Å²) in [6.45, 7) is 0. The van der Waals surface area contributed by atoms with E-state index in [2.05, 4.69) is 241 Å². The van der Waals surface area contributed by atoms with E-state index >= 15 is 0 Å². The molecule has 0 aliphatic carbocycles. The van der Waals surface area contributed by atoms with Gasteiger partial charge in [0.1, 0.15) is 5.75 Å². The fourth-order valence-electron chi connectivity index (χ4n) is 8.60. The molecule has 10 aromatic rings. The minimum Gasteiger partial charge on any atom is -0.454 e. The number of fused-ring (bicyclic) bond motifs is 6. The van der Waals surface area contributed by atoms with Crippen LogP contribution in [0.25, 0.3) is 77.5 Å². The van der Waals surface area contributed by atoms with Gasteiger partial charge in [0.15, 0.2) is 5.75 Å². The third-order valence-corrected chi connectivity index (χ3v) is 11.7. The lowest BCUT2D eigenvalue weighted by atomic mass is 9.89. The zero-order valence-corrected chi connectivity index (χ0v) is 32.9. The Labute approximate surface area is 350 Å². The van der Waals surface area contributed by atoms with E-state index in [1.165, 1.54) is 38.6 Å². The average Bonchev–Trinajstić information content (AvgIpc) is 3.46. The highest BCUT2D eigenvalue weighted by Gasteiger charge is 2.27. The van der Waals surface area contributed by atoms with Crippen LogP contribution in [0.1, 0.15) is 0 Å². The van der Waals surface area contributed by atoms with Crippen LogP contribution in [0.2, 0.25) is 0 Å².